The van der Waals surface area contributed by atoms with Crippen LogP contribution >= 0.6 is 0 Å². The molecule has 4 N–H and O–H groups in total. The quantitative estimate of drug-likeness (QED) is 0.398. The molecular weight excluding hydrogens is 308 g/mol. The molecule has 0 spiro atoms. The Morgan fingerprint density at radius 2 is 2.26 bits per heavy atom. The van der Waals surface area contributed by atoms with E-state index in [1.165, 1.54) is 24.4 Å². The maximum Gasteiger partial charge on any atom is 0.342 e. The van der Waals surface area contributed by atoms with Gasteiger partial charge in [0.2, 0.25) is 5.91 Å². The van der Waals surface area contributed by atoms with E-state index in [2.05, 4.69) is 15.6 Å². The van der Waals surface area contributed by atoms with Gasteiger partial charge in [0.25, 0.3) is 5.56 Å². The third kappa shape index (κ3) is 4.59. The Kier molecular flexibility index (Phi) is 4.96. The summed E-state index contributed by atoms with van der Waals surface area (Å²) in [5.74, 6) is -0.630. The van der Waals surface area contributed by atoms with Gasteiger partial charge >= 0.3 is 5.69 Å². The van der Waals surface area contributed by atoms with Crippen molar-refractivity contribution in [2.45, 2.75) is 6.42 Å². The van der Waals surface area contributed by atoms with Gasteiger partial charge in [-0.3, -0.25) is 19.8 Å². The highest BCUT2D eigenvalue weighted by atomic mass is 16.8. The van der Waals surface area contributed by atoms with E-state index in [-0.39, 0.29) is 23.0 Å². The number of benzene rings is 1. The number of anilines is 1. The maximum atomic E-state index is 11.6. The summed E-state index contributed by atoms with van der Waals surface area (Å²) in [5, 5.41) is 28.3. The fourth-order valence-electron chi connectivity index (χ4n) is 1.59. The molecule has 0 saturated carbocycles. The van der Waals surface area contributed by atoms with Crippen LogP contribution in [0.2, 0.25) is 0 Å². The van der Waals surface area contributed by atoms with E-state index < -0.39 is 17.2 Å². The fourth-order valence-corrected chi connectivity index (χ4v) is 1.59. The topological polar surface area (TPSA) is 167 Å². The molecule has 0 fully saturated rings. The van der Waals surface area contributed by atoms with Crippen LogP contribution in [0.25, 0.3) is 0 Å². The average molecular weight is 319 g/mol. The van der Waals surface area contributed by atoms with Gasteiger partial charge < -0.3 is 10.4 Å². The molecular formula is C12H11N6O5-. The molecule has 11 heteroatoms. The van der Waals surface area contributed by atoms with Crippen molar-refractivity contribution in [2.75, 3.05) is 5.23 Å². The lowest BCUT2D eigenvalue weighted by atomic mass is 10.2. The van der Waals surface area contributed by atoms with E-state index in [9.17, 15) is 19.6 Å². The van der Waals surface area contributed by atoms with Gasteiger partial charge in [-0.2, -0.15) is 10.2 Å². The number of nitrogens with zero attached hydrogens (tertiary/aromatic N) is 3. The zero-order chi connectivity index (χ0) is 16.8. The van der Waals surface area contributed by atoms with E-state index in [0.717, 1.165) is 0 Å². The Hall–Kier alpha value is -3.31. The van der Waals surface area contributed by atoms with Crippen LogP contribution in [0.4, 0.5) is 5.69 Å². The molecule has 0 aliphatic heterocycles. The molecule has 1 aromatic carbocycles. The summed E-state index contributed by atoms with van der Waals surface area (Å²) in [6, 6.07) is 5.84. The minimum absolute atomic E-state index is 0.00394. The first-order chi connectivity index (χ1) is 11.0. The molecule has 2 rings (SSSR count). The van der Waals surface area contributed by atoms with Crippen LogP contribution in [0.1, 0.15) is 11.3 Å². The molecule has 1 amide bonds. The number of rotatable bonds is 5. The van der Waals surface area contributed by atoms with Crippen molar-refractivity contribution >= 4 is 17.8 Å². The molecule has 11 nitrogen and oxygen atoms in total. The number of aromatic nitrogens is 3. The lowest BCUT2D eigenvalue weighted by molar-refractivity contribution is -0.120. The predicted octanol–water partition coefficient (Wildman–Crippen LogP) is -1.16. The second-order valence-corrected chi connectivity index (χ2v) is 4.29. The van der Waals surface area contributed by atoms with Gasteiger partial charge in [-0.1, -0.05) is 12.1 Å². The predicted molar refractivity (Wildman–Crippen MR) is 79.0 cm³/mol. The van der Waals surface area contributed by atoms with E-state index in [1.807, 2.05) is 10.1 Å². The van der Waals surface area contributed by atoms with Crippen molar-refractivity contribution in [3.8, 4) is 0 Å². The van der Waals surface area contributed by atoms with E-state index >= 15 is 0 Å². The number of amides is 1. The number of H-pyrrole nitrogens is 2. The number of nitrogens with one attached hydrogen (secondary N) is 3. The second kappa shape index (κ2) is 7.11. The Morgan fingerprint density at radius 1 is 1.48 bits per heavy atom. The van der Waals surface area contributed by atoms with Gasteiger partial charge in [-0.05, 0) is 17.7 Å². The molecule has 0 atom stereocenters. The maximum absolute atomic E-state index is 11.6. The lowest BCUT2D eigenvalue weighted by Gasteiger charge is -2.21. The summed E-state index contributed by atoms with van der Waals surface area (Å²) in [7, 11) is 0. The van der Waals surface area contributed by atoms with Crippen molar-refractivity contribution in [2.24, 2.45) is 5.10 Å². The Balaban J connectivity index is 1.97. The van der Waals surface area contributed by atoms with E-state index in [1.54, 1.807) is 6.07 Å². The average Bonchev–Trinajstić information content (AvgIpc) is 2.50. The Bertz CT molecular complexity index is 840. The van der Waals surface area contributed by atoms with E-state index in [0.29, 0.717) is 5.56 Å². The van der Waals surface area contributed by atoms with Gasteiger partial charge in [-0.15, -0.1) is 0 Å². The Labute approximate surface area is 127 Å². The van der Waals surface area contributed by atoms with Crippen molar-refractivity contribution in [3.05, 3.63) is 61.6 Å². The number of hydrogen-bond donors (Lipinski definition) is 4. The molecule has 1 heterocycles. The lowest BCUT2D eigenvalue weighted by Crippen LogP contribution is -2.31. The number of carbonyl (C=O) groups is 1. The minimum atomic E-state index is -0.770. The highest BCUT2D eigenvalue weighted by Crippen LogP contribution is 2.12. The largest absolute Gasteiger partial charge is 0.733 e. The summed E-state index contributed by atoms with van der Waals surface area (Å²) in [6.07, 6.45) is 0.865. The molecule has 23 heavy (non-hydrogen) atoms. The summed E-state index contributed by atoms with van der Waals surface area (Å²) in [5.41, 5.74) is 0.922. The Morgan fingerprint density at radius 3 is 2.96 bits per heavy atom. The van der Waals surface area contributed by atoms with Crippen LogP contribution in [0.5, 0.6) is 0 Å². The highest BCUT2D eigenvalue weighted by Gasteiger charge is 2.08. The van der Waals surface area contributed by atoms with Gasteiger partial charge in [0.1, 0.15) is 5.69 Å². The molecule has 0 aliphatic rings. The van der Waals surface area contributed by atoms with Crippen LogP contribution in [0, 0.1) is 5.21 Å². The standard InChI is InChI=1S/C12H11N6O5/c19-10(5-9-11(20)14-12(21)17-15-9)16-13-6-7-2-1-3-8(4-7)18(22)23/h1-4,6,22H,5H2,(H,16,19)(H2,14,17,20,21)/q-1. The van der Waals surface area contributed by atoms with Gasteiger partial charge in [0, 0.05) is 0 Å². The number of carbonyl (C=O) groups excluding carboxylic acids is 1. The molecule has 1 aromatic heterocycles. The van der Waals surface area contributed by atoms with E-state index in [4.69, 9.17) is 5.21 Å². The number of hydrazone groups is 1. The van der Waals surface area contributed by atoms with Crippen LogP contribution < -0.4 is 21.9 Å². The highest BCUT2D eigenvalue weighted by molar-refractivity contribution is 5.84. The summed E-state index contributed by atoms with van der Waals surface area (Å²) in [4.78, 5) is 35.7. The summed E-state index contributed by atoms with van der Waals surface area (Å²) in [6.45, 7) is 0. The zero-order valence-electron chi connectivity index (χ0n) is 11.5. The smallest absolute Gasteiger partial charge is 0.342 e. The van der Waals surface area contributed by atoms with Gasteiger partial charge in [0.05, 0.1) is 18.3 Å². The van der Waals surface area contributed by atoms with Crippen LogP contribution in [0.3, 0.4) is 0 Å². The molecule has 0 saturated heterocycles. The first-order valence-electron chi connectivity index (χ1n) is 6.21. The van der Waals surface area contributed by atoms with Crippen LogP contribution in [-0.2, 0) is 11.2 Å². The molecule has 0 bridgehead atoms. The van der Waals surface area contributed by atoms with Crippen LogP contribution in [-0.4, -0.2) is 32.5 Å². The third-order valence-electron chi connectivity index (χ3n) is 2.60. The second-order valence-electron chi connectivity index (χ2n) is 4.29. The molecule has 120 valence electrons. The molecule has 0 radical (unpaired) electrons. The molecule has 0 unspecified atom stereocenters. The summed E-state index contributed by atoms with van der Waals surface area (Å²) < 4.78 is 0. The first kappa shape index (κ1) is 16.1. The zero-order valence-corrected chi connectivity index (χ0v) is 11.5. The number of hydrogen-bond acceptors (Lipinski definition) is 8. The van der Waals surface area contributed by atoms with Crippen molar-refractivity contribution in [3.63, 3.8) is 0 Å². The minimum Gasteiger partial charge on any atom is -0.733 e. The normalized spacial score (nSPS) is 10.7. The van der Waals surface area contributed by atoms with Crippen molar-refractivity contribution in [1.29, 1.82) is 0 Å². The fraction of sp³-hybridized carbons (Fsp3) is 0.0833. The molecule has 0 aliphatic carbocycles. The summed E-state index contributed by atoms with van der Waals surface area (Å²) >= 11 is 0. The van der Waals surface area contributed by atoms with Crippen molar-refractivity contribution in [1.82, 2.24) is 20.6 Å². The van der Waals surface area contributed by atoms with Gasteiger partial charge in [-0.25, -0.2) is 15.3 Å². The van der Waals surface area contributed by atoms with Crippen LogP contribution in [0.15, 0.2) is 39.0 Å². The first-order valence-corrected chi connectivity index (χ1v) is 6.21. The molecule has 2 aromatic rings. The van der Waals surface area contributed by atoms with Crippen molar-refractivity contribution < 1.29 is 10.0 Å². The monoisotopic (exact) mass is 319 g/mol. The number of aromatic amines is 2. The SMILES string of the molecule is O=C(Cc1n[nH]c(=O)[nH]c1=O)NN=Cc1cccc(N([O-])O)c1. The van der Waals surface area contributed by atoms with Gasteiger partial charge in [0.15, 0.2) is 0 Å². The third-order valence-corrected chi connectivity index (χ3v) is 2.60.